The first-order chi connectivity index (χ1) is 18.3. The summed E-state index contributed by atoms with van der Waals surface area (Å²) in [6, 6.07) is 23.9. The summed E-state index contributed by atoms with van der Waals surface area (Å²) >= 11 is 0. The minimum Gasteiger partial charge on any atom is -0.497 e. The monoisotopic (exact) mass is 513 g/mol. The van der Waals surface area contributed by atoms with E-state index in [-0.39, 0.29) is 18.4 Å². The molecule has 0 aliphatic heterocycles. The van der Waals surface area contributed by atoms with E-state index in [2.05, 4.69) is 15.6 Å². The number of para-hydroxylation sites is 1. The fourth-order valence-corrected chi connectivity index (χ4v) is 4.29. The summed E-state index contributed by atoms with van der Waals surface area (Å²) in [5, 5.41) is 11.6. The second-order valence-corrected chi connectivity index (χ2v) is 9.96. The number of benzene rings is 3. The molecule has 8 nitrogen and oxygen atoms in total. The van der Waals surface area contributed by atoms with Crippen molar-refractivity contribution in [1.29, 1.82) is 0 Å². The fourth-order valence-electron chi connectivity index (χ4n) is 4.29. The van der Waals surface area contributed by atoms with Crippen molar-refractivity contribution in [1.82, 2.24) is 25.2 Å². The molecule has 1 heterocycles. The number of aromatic nitrogens is 3. The van der Waals surface area contributed by atoms with Gasteiger partial charge in [0, 0.05) is 12.1 Å². The number of carbonyl (C=O) groups excluding carboxylic acids is 2. The van der Waals surface area contributed by atoms with Gasteiger partial charge >= 0.3 is 0 Å². The van der Waals surface area contributed by atoms with Crippen molar-refractivity contribution in [2.45, 2.75) is 51.7 Å². The van der Waals surface area contributed by atoms with Crippen molar-refractivity contribution < 1.29 is 14.3 Å². The number of nitrogens with zero attached hydrogens (tertiary/aromatic N) is 4. The smallest absolute Gasteiger partial charge is 0.247 e. The van der Waals surface area contributed by atoms with Crippen LogP contribution in [-0.2, 0) is 22.6 Å². The maximum Gasteiger partial charge on any atom is 0.247 e. The second-order valence-electron chi connectivity index (χ2n) is 9.96. The standard InChI is InChI=1S/C30H35N5O3/c1-5-30(2,3)31-29(37)28(23-15-17-24(38-4)18-16-23)34(20-19-22-11-7-6-8-12-22)27(36)21-35-26-14-10-9-13-25(26)32-33-35/h6-18,28H,5,19-21H2,1-4H3,(H,31,37). The van der Waals surface area contributed by atoms with Gasteiger partial charge in [-0.25, -0.2) is 4.68 Å². The number of methoxy groups -OCH3 is 1. The van der Waals surface area contributed by atoms with E-state index < -0.39 is 11.6 Å². The molecule has 8 heteroatoms. The van der Waals surface area contributed by atoms with Gasteiger partial charge in [-0.05, 0) is 62.1 Å². The van der Waals surface area contributed by atoms with Gasteiger partial charge in [-0.2, -0.15) is 0 Å². The van der Waals surface area contributed by atoms with Crippen molar-refractivity contribution in [3.8, 4) is 5.75 Å². The number of hydrogen-bond acceptors (Lipinski definition) is 5. The lowest BCUT2D eigenvalue weighted by atomic mass is 9.98. The van der Waals surface area contributed by atoms with Crippen LogP contribution in [0.5, 0.6) is 5.75 Å². The zero-order chi connectivity index (χ0) is 27.1. The Morgan fingerprint density at radius 3 is 2.37 bits per heavy atom. The first kappa shape index (κ1) is 26.9. The lowest BCUT2D eigenvalue weighted by Gasteiger charge is -2.34. The van der Waals surface area contributed by atoms with Crippen molar-refractivity contribution in [3.63, 3.8) is 0 Å². The lowest BCUT2D eigenvalue weighted by Crippen LogP contribution is -2.51. The summed E-state index contributed by atoms with van der Waals surface area (Å²) < 4.78 is 6.92. The highest BCUT2D eigenvalue weighted by Gasteiger charge is 2.34. The molecule has 1 atom stereocenters. The number of amides is 2. The molecule has 0 aliphatic rings. The summed E-state index contributed by atoms with van der Waals surface area (Å²) in [7, 11) is 1.60. The number of fused-ring (bicyclic) bond motifs is 1. The molecule has 4 rings (SSSR count). The highest BCUT2D eigenvalue weighted by molar-refractivity contribution is 5.89. The van der Waals surface area contributed by atoms with E-state index in [1.165, 1.54) is 0 Å². The predicted molar refractivity (Wildman–Crippen MR) is 148 cm³/mol. The Kier molecular flexibility index (Phi) is 8.41. The molecule has 2 amide bonds. The van der Waals surface area contributed by atoms with Crippen LogP contribution in [0.3, 0.4) is 0 Å². The summed E-state index contributed by atoms with van der Waals surface area (Å²) in [5.74, 6) is 0.228. The summed E-state index contributed by atoms with van der Waals surface area (Å²) in [6.07, 6.45) is 1.35. The van der Waals surface area contributed by atoms with Gasteiger partial charge in [-0.3, -0.25) is 9.59 Å². The summed E-state index contributed by atoms with van der Waals surface area (Å²) in [6.45, 7) is 6.30. The molecule has 0 saturated carbocycles. The topological polar surface area (TPSA) is 89.4 Å². The molecule has 4 aromatic rings. The van der Waals surface area contributed by atoms with E-state index in [1.807, 2.05) is 99.6 Å². The maximum absolute atomic E-state index is 14.0. The van der Waals surface area contributed by atoms with Gasteiger partial charge in [0.15, 0.2) is 0 Å². The number of hydrogen-bond donors (Lipinski definition) is 1. The van der Waals surface area contributed by atoms with Crippen molar-refractivity contribution >= 4 is 22.8 Å². The second kappa shape index (κ2) is 11.9. The molecule has 0 aliphatic carbocycles. The van der Waals surface area contributed by atoms with Crippen LogP contribution < -0.4 is 10.1 Å². The average Bonchev–Trinajstić information content (AvgIpc) is 3.34. The largest absolute Gasteiger partial charge is 0.497 e. The molecule has 1 unspecified atom stereocenters. The highest BCUT2D eigenvalue weighted by Crippen LogP contribution is 2.26. The Balaban J connectivity index is 1.72. The molecule has 3 aromatic carbocycles. The molecule has 0 bridgehead atoms. The van der Waals surface area contributed by atoms with Crippen LogP contribution in [0.1, 0.15) is 44.4 Å². The maximum atomic E-state index is 14.0. The van der Waals surface area contributed by atoms with Crippen molar-refractivity contribution in [2.75, 3.05) is 13.7 Å². The van der Waals surface area contributed by atoms with Gasteiger partial charge in [0.05, 0.1) is 12.6 Å². The van der Waals surface area contributed by atoms with E-state index in [0.717, 1.165) is 17.5 Å². The number of rotatable bonds is 11. The zero-order valence-electron chi connectivity index (χ0n) is 22.4. The van der Waals surface area contributed by atoms with Crippen LogP contribution in [0.2, 0.25) is 0 Å². The first-order valence-corrected chi connectivity index (χ1v) is 12.9. The normalized spacial score (nSPS) is 12.2. The van der Waals surface area contributed by atoms with Gasteiger partial charge < -0.3 is 15.0 Å². The Bertz CT molecular complexity index is 1370. The van der Waals surface area contributed by atoms with E-state index >= 15 is 0 Å². The molecule has 1 aromatic heterocycles. The molecule has 0 saturated heterocycles. The Hall–Kier alpha value is -4.20. The molecular formula is C30H35N5O3. The van der Waals surface area contributed by atoms with Gasteiger partial charge in [0.2, 0.25) is 11.8 Å². The third-order valence-corrected chi connectivity index (χ3v) is 6.85. The van der Waals surface area contributed by atoms with E-state index in [1.54, 1.807) is 16.7 Å². The van der Waals surface area contributed by atoms with Gasteiger partial charge in [0.25, 0.3) is 0 Å². The van der Waals surface area contributed by atoms with Gasteiger partial charge in [0.1, 0.15) is 23.9 Å². The minimum absolute atomic E-state index is 0.0353. The number of carbonyl (C=O) groups is 2. The van der Waals surface area contributed by atoms with Crippen LogP contribution in [0, 0.1) is 0 Å². The lowest BCUT2D eigenvalue weighted by molar-refractivity contribution is -0.142. The third kappa shape index (κ3) is 6.37. The van der Waals surface area contributed by atoms with Crippen LogP contribution in [0.4, 0.5) is 0 Å². The van der Waals surface area contributed by atoms with Crippen LogP contribution >= 0.6 is 0 Å². The number of ether oxygens (including phenoxy) is 1. The minimum atomic E-state index is -0.835. The molecule has 0 radical (unpaired) electrons. The Labute approximate surface area is 223 Å². The van der Waals surface area contributed by atoms with Crippen LogP contribution in [0.15, 0.2) is 78.9 Å². The predicted octanol–water partition coefficient (Wildman–Crippen LogP) is 4.56. The fraction of sp³-hybridized carbons (Fsp3) is 0.333. The van der Waals surface area contributed by atoms with Crippen molar-refractivity contribution in [3.05, 3.63) is 90.0 Å². The summed E-state index contributed by atoms with van der Waals surface area (Å²) in [5.41, 5.74) is 2.84. The molecule has 38 heavy (non-hydrogen) atoms. The van der Waals surface area contributed by atoms with E-state index in [0.29, 0.717) is 29.8 Å². The first-order valence-electron chi connectivity index (χ1n) is 12.9. The molecule has 0 spiro atoms. The van der Waals surface area contributed by atoms with Crippen LogP contribution in [0.25, 0.3) is 11.0 Å². The molecule has 198 valence electrons. The van der Waals surface area contributed by atoms with Gasteiger partial charge in [-0.1, -0.05) is 66.7 Å². The van der Waals surface area contributed by atoms with E-state index in [4.69, 9.17) is 4.74 Å². The van der Waals surface area contributed by atoms with E-state index in [9.17, 15) is 9.59 Å². The van der Waals surface area contributed by atoms with Crippen LogP contribution in [-0.4, -0.2) is 50.9 Å². The van der Waals surface area contributed by atoms with Gasteiger partial charge in [-0.15, -0.1) is 5.10 Å². The van der Waals surface area contributed by atoms with Crippen molar-refractivity contribution in [2.24, 2.45) is 0 Å². The molecular weight excluding hydrogens is 478 g/mol. The number of nitrogens with one attached hydrogen (secondary N) is 1. The Morgan fingerprint density at radius 2 is 1.68 bits per heavy atom. The zero-order valence-corrected chi connectivity index (χ0v) is 22.4. The average molecular weight is 514 g/mol. The SMILES string of the molecule is CCC(C)(C)NC(=O)C(c1ccc(OC)cc1)N(CCc1ccccc1)C(=O)Cn1nnc2ccccc21. The third-order valence-electron chi connectivity index (χ3n) is 6.85. The summed E-state index contributed by atoms with van der Waals surface area (Å²) in [4.78, 5) is 29.5. The molecule has 1 N–H and O–H groups in total. The molecule has 0 fully saturated rings. The highest BCUT2D eigenvalue weighted by atomic mass is 16.5. The Morgan fingerprint density at radius 1 is 1.00 bits per heavy atom. The quantitative estimate of drug-likeness (QED) is 0.318.